The van der Waals surface area contributed by atoms with Crippen molar-refractivity contribution in [3.05, 3.63) is 35.4 Å². The minimum absolute atomic E-state index is 0.0641. The SMILES string of the molecule is CN=C(NCCCOCC1CCCO1)NCc1ccc(COCC(F)(F)F)cc1. The highest BCUT2D eigenvalue weighted by Gasteiger charge is 2.27. The predicted molar refractivity (Wildman–Crippen MR) is 105 cm³/mol. The summed E-state index contributed by atoms with van der Waals surface area (Å²) < 4.78 is 52.0. The molecule has 6 nitrogen and oxygen atoms in total. The molecular weight excluding hydrogens is 387 g/mol. The van der Waals surface area contributed by atoms with Crippen molar-refractivity contribution in [1.29, 1.82) is 0 Å². The van der Waals surface area contributed by atoms with Gasteiger partial charge in [0.25, 0.3) is 0 Å². The summed E-state index contributed by atoms with van der Waals surface area (Å²) in [6, 6.07) is 7.22. The van der Waals surface area contributed by atoms with E-state index in [1.165, 1.54) is 0 Å². The molecule has 2 N–H and O–H groups in total. The quantitative estimate of drug-likeness (QED) is 0.329. The Morgan fingerprint density at radius 3 is 2.59 bits per heavy atom. The van der Waals surface area contributed by atoms with Gasteiger partial charge in [-0.2, -0.15) is 13.2 Å². The van der Waals surface area contributed by atoms with Crippen LogP contribution < -0.4 is 10.6 Å². The molecule has 1 aromatic rings. The molecule has 29 heavy (non-hydrogen) atoms. The van der Waals surface area contributed by atoms with Gasteiger partial charge < -0.3 is 24.8 Å². The van der Waals surface area contributed by atoms with Crippen molar-refractivity contribution in [1.82, 2.24) is 10.6 Å². The van der Waals surface area contributed by atoms with Gasteiger partial charge in [0, 0.05) is 33.4 Å². The van der Waals surface area contributed by atoms with Gasteiger partial charge >= 0.3 is 6.18 Å². The topological polar surface area (TPSA) is 64.1 Å². The van der Waals surface area contributed by atoms with E-state index >= 15 is 0 Å². The standard InChI is InChI=1S/C20H30F3N3O3/c1-24-19(25-9-3-10-27-14-18-4-2-11-29-18)26-12-16-5-7-17(8-6-16)13-28-15-20(21,22)23/h5-8,18H,2-4,9-15H2,1H3,(H2,24,25,26). The lowest BCUT2D eigenvalue weighted by Gasteiger charge is -2.13. The predicted octanol–water partition coefficient (Wildman–Crippen LogP) is 3.02. The van der Waals surface area contributed by atoms with Crippen LogP contribution in [0.3, 0.4) is 0 Å². The van der Waals surface area contributed by atoms with E-state index in [0.29, 0.717) is 31.3 Å². The summed E-state index contributed by atoms with van der Waals surface area (Å²) in [5, 5.41) is 6.42. The van der Waals surface area contributed by atoms with E-state index in [-0.39, 0.29) is 12.7 Å². The smallest absolute Gasteiger partial charge is 0.379 e. The Kier molecular flexibility index (Phi) is 10.2. The molecule has 0 aliphatic carbocycles. The molecule has 1 aliphatic rings. The molecule has 0 spiro atoms. The van der Waals surface area contributed by atoms with E-state index in [1.807, 2.05) is 12.1 Å². The Bertz CT molecular complexity index is 603. The van der Waals surface area contributed by atoms with E-state index < -0.39 is 12.8 Å². The maximum Gasteiger partial charge on any atom is 0.411 e. The molecule has 0 amide bonds. The van der Waals surface area contributed by atoms with E-state index in [2.05, 4.69) is 20.4 Å². The highest BCUT2D eigenvalue weighted by atomic mass is 19.4. The summed E-state index contributed by atoms with van der Waals surface area (Å²) in [7, 11) is 1.70. The summed E-state index contributed by atoms with van der Waals surface area (Å²) in [6.07, 6.45) is -0.994. The van der Waals surface area contributed by atoms with Crippen LogP contribution in [0, 0.1) is 0 Å². The van der Waals surface area contributed by atoms with Crippen molar-refractivity contribution in [2.24, 2.45) is 4.99 Å². The maximum absolute atomic E-state index is 12.1. The number of ether oxygens (including phenoxy) is 3. The molecule has 1 atom stereocenters. The summed E-state index contributed by atoms with van der Waals surface area (Å²) >= 11 is 0. The number of hydrogen-bond donors (Lipinski definition) is 2. The Balaban J connectivity index is 1.56. The number of alkyl halides is 3. The number of rotatable bonds is 11. The normalized spacial score (nSPS) is 17.5. The largest absolute Gasteiger partial charge is 0.411 e. The molecule has 1 fully saturated rings. The number of benzene rings is 1. The second-order valence-corrected chi connectivity index (χ2v) is 6.84. The van der Waals surface area contributed by atoms with Crippen molar-refractivity contribution in [3.8, 4) is 0 Å². The molecule has 0 radical (unpaired) electrons. The van der Waals surface area contributed by atoms with Crippen LogP contribution in [0.5, 0.6) is 0 Å². The first-order chi connectivity index (χ1) is 14.0. The first-order valence-electron chi connectivity index (χ1n) is 9.82. The molecule has 9 heteroatoms. The lowest BCUT2D eigenvalue weighted by atomic mass is 10.1. The minimum Gasteiger partial charge on any atom is -0.379 e. The van der Waals surface area contributed by atoms with Crippen molar-refractivity contribution >= 4 is 5.96 Å². The first-order valence-corrected chi connectivity index (χ1v) is 9.82. The fourth-order valence-electron chi connectivity index (χ4n) is 2.82. The van der Waals surface area contributed by atoms with Gasteiger partial charge in [-0.05, 0) is 30.4 Å². The van der Waals surface area contributed by atoms with Gasteiger partial charge in [0.05, 0.1) is 19.3 Å². The number of guanidine groups is 1. The van der Waals surface area contributed by atoms with Crippen LogP contribution in [-0.2, 0) is 27.4 Å². The number of aliphatic imine (C=N–C) groups is 1. The van der Waals surface area contributed by atoms with Gasteiger partial charge in [-0.1, -0.05) is 24.3 Å². The Labute approximate surface area is 169 Å². The zero-order valence-corrected chi connectivity index (χ0v) is 16.8. The minimum atomic E-state index is -4.30. The molecule has 0 saturated carbocycles. The van der Waals surface area contributed by atoms with Crippen molar-refractivity contribution in [2.75, 3.05) is 40.0 Å². The fraction of sp³-hybridized carbons (Fsp3) is 0.650. The third-order valence-electron chi connectivity index (χ3n) is 4.33. The lowest BCUT2D eigenvalue weighted by molar-refractivity contribution is -0.176. The first kappa shape index (κ1) is 23.4. The zero-order valence-electron chi connectivity index (χ0n) is 16.8. The molecule has 164 valence electrons. The highest BCUT2D eigenvalue weighted by molar-refractivity contribution is 5.79. The van der Waals surface area contributed by atoms with Crippen LogP contribution >= 0.6 is 0 Å². The molecule has 0 aromatic heterocycles. The van der Waals surface area contributed by atoms with Crippen LogP contribution in [-0.4, -0.2) is 58.3 Å². The monoisotopic (exact) mass is 417 g/mol. The maximum atomic E-state index is 12.1. The van der Waals surface area contributed by atoms with E-state index in [9.17, 15) is 13.2 Å². The zero-order chi connectivity index (χ0) is 21.0. The number of hydrogen-bond acceptors (Lipinski definition) is 4. The summed E-state index contributed by atoms with van der Waals surface area (Å²) in [4.78, 5) is 4.17. The number of halogens is 3. The fourth-order valence-corrected chi connectivity index (χ4v) is 2.82. The van der Waals surface area contributed by atoms with Gasteiger partial charge in [0.2, 0.25) is 0 Å². The van der Waals surface area contributed by atoms with Crippen molar-refractivity contribution < 1.29 is 27.4 Å². The Morgan fingerprint density at radius 2 is 1.93 bits per heavy atom. The number of nitrogens with zero attached hydrogens (tertiary/aromatic N) is 1. The highest BCUT2D eigenvalue weighted by Crippen LogP contribution is 2.16. The summed E-state index contributed by atoms with van der Waals surface area (Å²) in [5.41, 5.74) is 1.69. The Hall–Kier alpha value is -1.84. The van der Waals surface area contributed by atoms with Crippen molar-refractivity contribution in [3.63, 3.8) is 0 Å². The molecular formula is C20H30F3N3O3. The van der Waals surface area contributed by atoms with E-state index in [4.69, 9.17) is 9.47 Å². The van der Waals surface area contributed by atoms with Gasteiger partial charge in [0.15, 0.2) is 5.96 Å². The molecule has 1 aliphatic heterocycles. The van der Waals surface area contributed by atoms with Crippen LogP contribution in [0.4, 0.5) is 13.2 Å². The van der Waals surface area contributed by atoms with Crippen LogP contribution in [0.25, 0.3) is 0 Å². The molecule has 1 unspecified atom stereocenters. The third-order valence-corrected chi connectivity index (χ3v) is 4.33. The van der Waals surface area contributed by atoms with Gasteiger partial charge in [-0.3, -0.25) is 4.99 Å². The van der Waals surface area contributed by atoms with Crippen LogP contribution in [0.15, 0.2) is 29.3 Å². The molecule has 0 bridgehead atoms. The molecule has 1 aromatic carbocycles. The molecule has 2 rings (SSSR count). The molecule has 1 heterocycles. The van der Waals surface area contributed by atoms with Gasteiger partial charge in [-0.15, -0.1) is 0 Å². The average molecular weight is 417 g/mol. The van der Waals surface area contributed by atoms with Crippen LogP contribution in [0.2, 0.25) is 0 Å². The Morgan fingerprint density at radius 1 is 1.17 bits per heavy atom. The second-order valence-electron chi connectivity index (χ2n) is 6.84. The number of nitrogens with one attached hydrogen (secondary N) is 2. The second kappa shape index (κ2) is 12.7. The molecule has 1 saturated heterocycles. The van der Waals surface area contributed by atoms with Gasteiger partial charge in [0.1, 0.15) is 6.61 Å². The van der Waals surface area contributed by atoms with E-state index in [1.54, 1.807) is 19.2 Å². The lowest BCUT2D eigenvalue weighted by Crippen LogP contribution is -2.37. The van der Waals surface area contributed by atoms with Gasteiger partial charge in [-0.25, -0.2) is 0 Å². The van der Waals surface area contributed by atoms with Crippen molar-refractivity contribution in [2.45, 2.75) is 44.7 Å². The average Bonchev–Trinajstić information content (AvgIpc) is 3.20. The third kappa shape index (κ3) is 10.5. The van der Waals surface area contributed by atoms with E-state index in [0.717, 1.165) is 38.0 Å². The van der Waals surface area contributed by atoms with Crippen LogP contribution in [0.1, 0.15) is 30.4 Å². The summed E-state index contributed by atoms with van der Waals surface area (Å²) in [6.45, 7) is 2.15. The summed E-state index contributed by atoms with van der Waals surface area (Å²) in [5.74, 6) is 0.682.